The maximum absolute atomic E-state index is 13.3. The number of amides is 3. The molecule has 2 aromatic carbocycles. The van der Waals surface area contributed by atoms with Gasteiger partial charge in [-0.15, -0.1) is 11.3 Å². The van der Waals surface area contributed by atoms with Crippen LogP contribution in [0.2, 0.25) is 0 Å². The Morgan fingerprint density at radius 2 is 1.56 bits per heavy atom. The summed E-state index contributed by atoms with van der Waals surface area (Å²) in [7, 11) is 0. The average molecular weight is 551 g/mol. The van der Waals surface area contributed by atoms with Gasteiger partial charge in [0.2, 0.25) is 17.7 Å². The first-order chi connectivity index (χ1) is 18.9. The molecule has 0 saturated carbocycles. The number of carbonyl (C=O) groups is 3. The van der Waals surface area contributed by atoms with Crippen molar-refractivity contribution in [1.29, 1.82) is 0 Å². The molecule has 0 aliphatic rings. The van der Waals surface area contributed by atoms with Crippen molar-refractivity contribution in [2.75, 3.05) is 26.2 Å². The Hall–Kier alpha value is -3.57. The van der Waals surface area contributed by atoms with Gasteiger partial charge in [0.05, 0.1) is 12.5 Å². The predicted molar refractivity (Wildman–Crippen MR) is 156 cm³/mol. The van der Waals surface area contributed by atoms with E-state index in [1.807, 2.05) is 72.1 Å². The van der Waals surface area contributed by atoms with E-state index in [1.54, 1.807) is 11.3 Å². The molecular weight excluding hydrogens is 512 g/mol. The molecule has 2 unspecified atom stereocenters. The number of hydrogen-bond donors (Lipinski definition) is 5. The Bertz CT molecular complexity index is 1180. The number of nitrogens with two attached hydrogens (primary N) is 3. The molecule has 0 fully saturated rings. The molecule has 0 aliphatic carbocycles. The lowest BCUT2D eigenvalue weighted by atomic mass is 10.0. The molecule has 1 heterocycles. The van der Waals surface area contributed by atoms with Crippen LogP contribution in [0.25, 0.3) is 10.4 Å². The fourth-order valence-electron chi connectivity index (χ4n) is 4.24. The molecule has 0 aliphatic heterocycles. The average Bonchev–Trinajstić information content (AvgIpc) is 3.49. The standard InChI is InChI=1S/C29H38N6O3S/c30-14-16-35(17-15-31)27(36)19-24(32)28(37)34-25(13-12-21-7-2-1-3-8-21)29(38)33-20-22-9-4-5-10-23(22)26-11-6-18-39-26/h1-11,18,24-25H,12-17,19-20,30-32H2,(H,33,38)(H,34,37). The van der Waals surface area contributed by atoms with Gasteiger partial charge in [-0.05, 0) is 41.0 Å². The highest BCUT2D eigenvalue weighted by Crippen LogP contribution is 2.27. The Morgan fingerprint density at radius 1 is 0.872 bits per heavy atom. The number of aryl methyl sites for hydroxylation is 1. The van der Waals surface area contributed by atoms with E-state index in [4.69, 9.17) is 17.2 Å². The second kappa shape index (κ2) is 15.7. The summed E-state index contributed by atoms with van der Waals surface area (Å²) in [6, 6.07) is 19.7. The van der Waals surface area contributed by atoms with Gasteiger partial charge in [-0.3, -0.25) is 14.4 Å². The van der Waals surface area contributed by atoms with Crippen molar-refractivity contribution in [3.05, 3.63) is 83.2 Å². The molecule has 3 amide bonds. The van der Waals surface area contributed by atoms with E-state index >= 15 is 0 Å². The number of thiophene rings is 1. The number of nitrogens with one attached hydrogen (secondary N) is 2. The minimum Gasteiger partial charge on any atom is -0.350 e. The van der Waals surface area contributed by atoms with Crippen LogP contribution < -0.4 is 27.8 Å². The Morgan fingerprint density at radius 3 is 2.23 bits per heavy atom. The molecule has 0 saturated heterocycles. The summed E-state index contributed by atoms with van der Waals surface area (Å²) in [6.07, 6.45) is 0.758. The summed E-state index contributed by atoms with van der Waals surface area (Å²) >= 11 is 1.63. The molecule has 39 heavy (non-hydrogen) atoms. The molecule has 0 radical (unpaired) electrons. The number of carbonyl (C=O) groups excluding carboxylic acids is 3. The van der Waals surface area contributed by atoms with Crippen LogP contribution in [0.15, 0.2) is 72.1 Å². The van der Waals surface area contributed by atoms with Gasteiger partial charge in [0.1, 0.15) is 6.04 Å². The van der Waals surface area contributed by atoms with Gasteiger partial charge in [-0.1, -0.05) is 60.7 Å². The van der Waals surface area contributed by atoms with E-state index in [2.05, 4.69) is 10.6 Å². The van der Waals surface area contributed by atoms with Crippen LogP contribution in [0.3, 0.4) is 0 Å². The number of benzene rings is 2. The zero-order valence-corrected chi connectivity index (χ0v) is 22.9. The van der Waals surface area contributed by atoms with E-state index in [-0.39, 0.29) is 31.3 Å². The molecule has 208 valence electrons. The highest BCUT2D eigenvalue weighted by molar-refractivity contribution is 7.13. The van der Waals surface area contributed by atoms with Crippen LogP contribution in [0.1, 0.15) is 24.0 Å². The lowest BCUT2D eigenvalue weighted by molar-refractivity contribution is -0.135. The predicted octanol–water partition coefficient (Wildman–Crippen LogP) is 1.61. The quantitative estimate of drug-likeness (QED) is 0.194. The Balaban J connectivity index is 1.67. The third kappa shape index (κ3) is 9.29. The molecule has 0 spiro atoms. The minimum absolute atomic E-state index is 0.201. The van der Waals surface area contributed by atoms with Gasteiger partial charge in [-0.2, -0.15) is 0 Å². The first-order valence-corrected chi connectivity index (χ1v) is 14.0. The van der Waals surface area contributed by atoms with Crippen molar-refractivity contribution in [2.24, 2.45) is 17.2 Å². The lowest BCUT2D eigenvalue weighted by Gasteiger charge is -2.24. The summed E-state index contributed by atoms with van der Waals surface area (Å²) in [6.45, 7) is 1.54. The highest BCUT2D eigenvalue weighted by Gasteiger charge is 2.26. The van der Waals surface area contributed by atoms with Gasteiger partial charge >= 0.3 is 0 Å². The Labute approximate surface area is 233 Å². The maximum atomic E-state index is 13.3. The monoisotopic (exact) mass is 550 g/mol. The zero-order valence-electron chi connectivity index (χ0n) is 22.1. The SMILES string of the molecule is NCCN(CCN)C(=O)CC(N)C(=O)NC(CCc1ccccc1)C(=O)NCc1ccccc1-c1cccs1. The highest BCUT2D eigenvalue weighted by atomic mass is 32.1. The van der Waals surface area contributed by atoms with E-state index in [9.17, 15) is 14.4 Å². The van der Waals surface area contributed by atoms with Crippen molar-refractivity contribution in [3.63, 3.8) is 0 Å². The summed E-state index contributed by atoms with van der Waals surface area (Å²) in [5.74, 6) is -1.17. The topological polar surface area (TPSA) is 157 Å². The molecule has 2 atom stereocenters. The largest absolute Gasteiger partial charge is 0.350 e. The van der Waals surface area contributed by atoms with E-state index in [0.717, 1.165) is 21.6 Å². The lowest BCUT2D eigenvalue weighted by Crippen LogP contribution is -2.53. The van der Waals surface area contributed by atoms with Gasteiger partial charge in [0.25, 0.3) is 0 Å². The molecule has 8 N–H and O–H groups in total. The van der Waals surface area contributed by atoms with Crippen LogP contribution in [-0.2, 0) is 27.3 Å². The summed E-state index contributed by atoms with van der Waals surface area (Å²) in [5, 5.41) is 7.77. The van der Waals surface area contributed by atoms with Gasteiger partial charge < -0.3 is 32.7 Å². The first kappa shape index (κ1) is 30.0. The Kier molecular flexibility index (Phi) is 12.1. The minimum atomic E-state index is -1.11. The van der Waals surface area contributed by atoms with E-state index < -0.39 is 18.0 Å². The molecule has 0 bridgehead atoms. The van der Waals surface area contributed by atoms with Crippen LogP contribution in [0.5, 0.6) is 0 Å². The van der Waals surface area contributed by atoms with Crippen LogP contribution >= 0.6 is 11.3 Å². The summed E-state index contributed by atoms with van der Waals surface area (Å²) < 4.78 is 0. The summed E-state index contributed by atoms with van der Waals surface area (Å²) in [4.78, 5) is 41.6. The van der Waals surface area contributed by atoms with Crippen molar-refractivity contribution in [1.82, 2.24) is 15.5 Å². The molecule has 9 nitrogen and oxygen atoms in total. The summed E-state index contributed by atoms with van der Waals surface area (Å²) in [5.41, 5.74) is 20.3. The van der Waals surface area contributed by atoms with Crippen molar-refractivity contribution < 1.29 is 14.4 Å². The van der Waals surface area contributed by atoms with Crippen molar-refractivity contribution in [3.8, 4) is 10.4 Å². The van der Waals surface area contributed by atoms with Crippen LogP contribution in [-0.4, -0.2) is 60.9 Å². The first-order valence-electron chi connectivity index (χ1n) is 13.1. The molecule has 10 heteroatoms. The van der Waals surface area contributed by atoms with Crippen molar-refractivity contribution >= 4 is 29.1 Å². The van der Waals surface area contributed by atoms with E-state index in [0.29, 0.717) is 32.5 Å². The van der Waals surface area contributed by atoms with Gasteiger partial charge in [-0.25, -0.2) is 0 Å². The third-order valence-electron chi connectivity index (χ3n) is 6.34. The molecule has 1 aromatic heterocycles. The second-order valence-corrected chi connectivity index (χ2v) is 10.2. The number of nitrogens with zero attached hydrogens (tertiary/aromatic N) is 1. The maximum Gasteiger partial charge on any atom is 0.242 e. The molecule has 3 aromatic rings. The second-order valence-electron chi connectivity index (χ2n) is 9.21. The smallest absolute Gasteiger partial charge is 0.242 e. The van der Waals surface area contributed by atoms with Gasteiger partial charge in [0, 0.05) is 37.6 Å². The normalized spacial score (nSPS) is 12.4. The zero-order chi connectivity index (χ0) is 28.0. The number of hydrogen-bond acceptors (Lipinski definition) is 7. The molecular formula is C29H38N6O3S. The number of rotatable bonds is 15. The van der Waals surface area contributed by atoms with Crippen LogP contribution in [0, 0.1) is 0 Å². The van der Waals surface area contributed by atoms with E-state index in [1.165, 1.54) is 4.90 Å². The van der Waals surface area contributed by atoms with Crippen LogP contribution in [0.4, 0.5) is 0 Å². The van der Waals surface area contributed by atoms with Gasteiger partial charge in [0.15, 0.2) is 0 Å². The fraction of sp³-hybridized carbons (Fsp3) is 0.345. The third-order valence-corrected chi connectivity index (χ3v) is 7.24. The van der Waals surface area contributed by atoms with Crippen molar-refractivity contribution in [2.45, 2.75) is 37.9 Å². The molecule has 3 rings (SSSR count). The fourth-order valence-corrected chi connectivity index (χ4v) is 5.03.